The lowest BCUT2D eigenvalue weighted by atomic mass is 9.45. The van der Waals surface area contributed by atoms with E-state index in [1.54, 1.807) is 10.8 Å². The van der Waals surface area contributed by atoms with Crippen LogP contribution >= 0.6 is 0 Å². The number of aromatic nitrogens is 3. The van der Waals surface area contributed by atoms with E-state index in [0.29, 0.717) is 24.3 Å². The van der Waals surface area contributed by atoms with Gasteiger partial charge < -0.3 is 10.4 Å². The summed E-state index contributed by atoms with van der Waals surface area (Å²) >= 11 is 0. The molecule has 1 unspecified atom stereocenters. The Bertz CT molecular complexity index is 1040. The van der Waals surface area contributed by atoms with Crippen molar-refractivity contribution in [1.82, 2.24) is 20.3 Å². The van der Waals surface area contributed by atoms with Gasteiger partial charge in [-0.1, -0.05) is 63.1 Å². The molecule has 1 amide bonds. The summed E-state index contributed by atoms with van der Waals surface area (Å²) in [6.07, 6.45) is 9.85. The van der Waals surface area contributed by atoms with Crippen molar-refractivity contribution in [2.45, 2.75) is 85.8 Å². The molecule has 0 aliphatic heterocycles. The number of rotatable bonds is 7. The third-order valence-corrected chi connectivity index (χ3v) is 9.19. The Morgan fingerprint density at radius 3 is 2.69 bits per heavy atom. The molecule has 35 heavy (non-hydrogen) atoms. The number of fused-ring (bicyclic) bond motifs is 1. The lowest BCUT2D eigenvalue weighted by Crippen LogP contribution is -2.55. The number of amides is 1. The van der Waals surface area contributed by atoms with Gasteiger partial charge in [0.15, 0.2) is 0 Å². The fraction of sp³-hybridized carbons (Fsp3) is 0.621. The lowest BCUT2D eigenvalue weighted by molar-refractivity contribution is -0.149. The van der Waals surface area contributed by atoms with E-state index in [1.807, 2.05) is 36.5 Å². The Hall–Kier alpha value is -2.47. The first-order valence-electron chi connectivity index (χ1n) is 13.2. The number of hydrogen-bond donors (Lipinski definition) is 2. The Balaban J connectivity index is 1.32. The minimum absolute atomic E-state index is 0.0293. The summed E-state index contributed by atoms with van der Waals surface area (Å²) in [5.41, 5.74) is 3.01. The van der Waals surface area contributed by atoms with Crippen LogP contribution in [0.3, 0.4) is 0 Å². The van der Waals surface area contributed by atoms with E-state index >= 15 is 0 Å². The van der Waals surface area contributed by atoms with Crippen LogP contribution in [0.1, 0.15) is 78.8 Å². The molecule has 1 aromatic heterocycles. The maximum absolute atomic E-state index is 12.6. The highest BCUT2D eigenvalue weighted by molar-refractivity contribution is 5.88. The number of aliphatic hydroxyl groups excluding tert-OH is 1. The zero-order valence-corrected chi connectivity index (χ0v) is 22.0. The summed E-state index contributed by atoms with van der Waals surface area (Å²) in [4.78, 5) is 12.6. The molecule has 6 heteroatoms. The molecule has 190 valence electrons. The van der Waals surface area contributed by atoms with Crippen molar-refractivity contribution in [3.63, 3.8) is 0 Å². The van der Waals surface area contributed by atoms with Crippen LogP contribution in [0.15, 0.2) is 48.2 Å². The number of aliphatic hydroxyl groups is 1. The smallest absolute Gasteiger partial charge is 0.244 e. The molecule has 2 saturated carbocycles. The molecule has 0 radical (unpaired) electrons. The maximum atomic E-state index is 12.6. The number of nitrogens with zero attached hydrogens (tertiary/aromatic N) is 3. The number of allylic oxidation sites excluding steroid dienone is 1. The first kappa shape index (κ1) is 25.6. The number of para-hydroxylation sites is 1. The van der Waals surface area contributed by atoms with Gasteiger partial charge in [-0.3, -0.25) is 4.79 Å². The average Bonchev–Trinajstić information content (AvgIpc) is 3.30. The van der Waals surface area contributed by atoms with E-state index in [4.69, 9.17) is 0 Å². The van der Waals surface area contributed by atoms with Crippen LogP contribution in [0.4, 0.5) is 0 Å². The molecule has 2 fully saturated rings. The van der Waals surface area contributed by atoms with Crippen LogP contribution < -0.4 is 5.32 Å². The largest absolute Gasteiger partial charge is 0.393 e. The summed E-state index contributed by atoms with van der Waals surface area (Å²) in [5, 5.41) is 22.0. The second kappa shape index (κ2) is 10.3. The number of carbonyl (C=O) groups excluding carboxylic acids is 1. The number of nitrogens with one attached hydrogen (secondary N) is 1. The van der Waals surface area contributed by atoms with E-state index in [9.17, 15) is 9.90 Å². The van der Waals surface area contributed by atoms with Gasteiger partial charge in [0, 0.05) is 6.08 Å². The zero-order chi connectivity index (χ0) is 25.2. The molecule has 0 bridgehead atoms. The van der Waals surface area contributed by atoms with Crippen LogP contribution in [0.5, 0.6) is 0 Å². The summed E-state index contributed by atoms with van der Waals surface area (Å²) < 4.78 is 1.72. The predicted molar refractivity (Wildman–Crippen MR) is 139 cm³/mol. The van der Waals surface area contributed by atoms with Crippen molar-refractivity contribution in [3.05, 3.63) is 53.9 Å². The van der Waals surface area contributed by atoms with Gasteiger partial charge in [0.25, 0.3) is 0 Å². The van der Waals surface area contributed by atoms with Gasteiger partial charge in [-0.15, -0.1) is 5.10 Å². The average molecular weight is 479 g/mol. The van der Waals surface area contributed by atoms with E-state index in [1.165, 1.54) is 12.8 Å². The fourth-order valence-electron chi connectivity index (χ4n) is 7.11. The van der Waals surface area contributed by atoms with E-state index in [2.05, 4.69) is 50.2 Å². The highest BCUT2D eigenvalue weighted by Gasteiger charge is 2.56. The van der Waals surface area contributed by atoms with E-state index in [0.717, 1.165) is 42.6 Å². The third-order valence-electron chi connectivity index (χ3n) is 9.19. The number of carbonyl (C=O) groups is 1. The topological polar surface area (TPSA) is 80.0 Å². The van der Waals surface area contributed by atoms with Crippen molar-refractivity contribution < 1.29 is 9.90 Å². The van der Waals surface area contributed by atoms with Crippen molar-refractivity contribution in [2.75, 3.05) is 0 Å². The Morgan fingerprint density at radius 2 is 1.94 bits per heavy atom. The molecule has 1 heterocycles. The quantitative estimate of drug-likeness (QED) is 0.518. The minimum atomic E-state index is -0.200. The first-order chi connectivity index (χ1) is 16.6. The Kier molecular flexibility index (Phi) is 7.51. The molecule has 2 aliphatic carbocycles. The molecule has 1 aromatic carbocycles. The molecule has 6 nitrogen and oxygen atoms in total. The van der Waals surface area contributed by atoms with Crippen molar-refractivity contribution in [3.8, 4) is 5.69 Å². The summed E-state index contributed by atoms with van der Waals surface area (Å²) in [5.74, 6) is 1.76. The van der Waals surface area contributed by atoms with Gasteiger partial charge in [0.1, 0.15) is 5.69 Å². The Morgan fingerprint density at radius 1 is 1.20 bits per heavy atom. The molecular weight excluding hydrogens is 436 g/mol. The fourth-order valence-corrected chi connectivity index (χ4v) is 7.11. The monoisotopic (exact) mass is 478 g/mol. The minimum Gasteiger partial charge on any atom is -0.393 e. The molecule has 0 spiro atoms. The second-order valence-corrected chi connectivity index (χ2v) is 11.8. The normalized spacial score (nSPS) is 30.5. The Labute approximate surface area is 210 Å². The van der Waals surface area contributed by atoms with Crippen molar-refractivity contribution in [2.24, 2.45) is 28.6 Å². The molecule has 5 atom stereocenters. The summed E-state index contributed by atoms with van der Waals surface area (Å²) in [7, 11) is 0. The van der Waals surface area contributed by atoms with E-state index in [-0.39, 0.29) is 22.8 Å². The van der Waals surface area contributed by atoms with Crippen molar-refractivity contribution >= 4 is 5.91 Å². The van der Waals surface area contributed by atoms with E-state index < -0.39 is 0 Å². The lowest BCUT2D eigenvalue weighted by Gasteiger charge is -2.60. The number of hydrogen-bond acceptors (Lipinski definition) is 4. The van der Waals surface area contributed by atoms with Crippen LogP contribution in [-0.2, 0) is 11.3 Å². The summed E-state index contributed by atoms with van der Waals surface area (Å²) in [6, 6.07) is 9.81. The van der Waals surface area contributed by atoms with Crippen LogP contribution in [0.2, 0.25) is 0 Å². The van der Waals surface area contributed by atoms with Gasteiger partial charge in [-0.05, 0) is 79.7 Å². The molecule has 4 rings (SSSR count). The standard InChI is InChI=1S/C29H42N4O2/c1-20(17-27(35)30-18-22-19-33(32-31-22)23-9-7-6-8-10-23)11-13-24-21(2)12-14-25-28(3,4)26(34)15-16-29(24,25)5/h6-10,17,19,21,24-26,34H,11-16,18H2,1-5H3,(H,30,35)/b20-17+/t21?,24-,25-,26-,29+/m1/s1. The van der Waals surface area contributed by atoms with Gasteiger partial charge in [-0.25, -0.2) is 4.68 Å². The summed E-state index contributed by atoms with van der Waals surface area (Å²) in [6.45, 7) is 11.8. The first-order valence-corrected chi connectivity index (χ1v) is 13.2. The third kappa shape index (κ3) is 5.37. The molecule has 2 aliphatic rings. The highest BCUT2D eigenvalue weighted by Crippen LogP contribution is 2.62. The maximum Gasteiger partial charge on any atom is 0.244 e. The van der Waals surface area contributed by atoms with Crippen LogP contribution in [-0.4, -0.2) is 32.1 Å². The molecule has 2 N–H and O–H groups in total. The second-order valence-electron chi connectivity index (χ2n) is 11.8. The molecule has 2 aromatic rings. The number of benzene rings is 1. The van der Waals surface area contributed by atoms with Crippen molar-refractivity contribution in [1.29, 1.82) is 0 Å². The highest BCUT2D eigenvalue weighted by atomic mass is 16.3. The molecule has 0 saturated heterocycles. The van der Waals surface area contributed by atoms with Gasteiger partial charge in [0.2, 0.25) is 5.91 Å². The zero-order valence-electron chi connectivity index (χ0n) is 22.0. The predicted octanol–water partition coefficient (Wildman–Crippen LogP) is 5.46. The van der Waals surface area contributed by atoms with Gasteiger partial charge >= 0.3 is 0 Å². The van der Waals surface area contributed by atoms with Gasteiger partial charge in [0.05, 0.1) is 24.5 Å². The van der Waals surface area contributed by atoms with Crippen LogP contribution in [0, 0.1) is 28.6 Å². The SMILES string of the molecule is C/C(=C\C(=O)NCc1cn(-c2ccccc2)nn1)CC[C@@H]1C(C)CC[C@@H]2C(C)(C)[C@H](O)CC[C@@]12C. The molecular formula is C29H42N4O2. The van der Waals surface area contributed by atoms with Gasteiger partial charge in [-0.2, -0.15) is 0 Å². The van der Waals surface area contributed by atoms with Crippen LogP contribution in [0.25, 0.3) is 5.69 Å².